The van der Waals surface area contributed by atoms with Crippen molar-refractivity contribution >= 4 is 0 Å². The fourth-order valence-electron chi connectivity index (χ4n) is 0.299. The topological polar surface area (TPSA) is 17.8 Å². The van der Waals surface area contributed by atoms with Gasteiger partial charge in [-0.3, -0.25) is 0 Å². The molecule has 1 aromatic rings. The van der Waals surface area contributed by atoms with Gasteiger partial charge in [0.2, 0.25) is 0 Å². The van der Waals surface area contributed by atoms with Crippen LogP contribution in [-0.2, 0) is 27.5 Å². The average molecular weight is 267 g/mol. The molecule has 1 heterocycles. The van der Waals surface area contributed by atoms with Gasteiger partial charge >= 0.3 is 0 Å². The molecule has 0 bridgehead atoms. The van der Waals surface area contributed by atoms with E-state index in [1.165, 1.54) is 0 Å². The molecule has 0 amide bonds. The molecule has 0 spiro atoms. The van der Waals surface area contributed by atoms with Crippen LogP contribution in [0, 0.1) is 6.07 Å². The Bertz CT molecular complexity index is 113. The van der Waals surface area contributed by atoms with Gasteiger partial charge in [-0.15, -0.1) is 6.20 Å². The van der Waals surface area contributed by atoms with E-state index in [1.807, 2.05) is 7.05 Å². The van der Waals surface area contributed by atoms with E-state index in [2.05, 4.69) is 11.2 Å². The largest absolute Gasteiger partial charge is 0.432 e. The molecule has 0 aliphatic carbocycles. The van der Waals surface area contributed by atoms with Gasteiger partial charge in [-0.1, -0.05) is 0 Å². The van der Waals surface area contributed by atoms with Gasteiger partial charge in [0.15, 0.2) is 0 Å². The third-order valence-corrected chi connectivity index (χ3v) is 0.576. The minimum absolute atomic E-state index is 0. The van der Waals surface area contributed by atoms with Crippen LogP contribution >= 0.6 is 0 Å². The maximum Gasteiger partial charge on any atom is 0.0262 e. The van der Waals surface area contributed by atoms with Crippen LogP contribution in [0.2, 0.25) is 0 Å². The summed E-state index contributed by atoms with van der Waals surface area (Å²) in [6.45, 7) is 0. The molecule has 0 saturated carbocycles. The summed E-state index contributed by atoms with van der Waals surface area (Å²) in [5, 5.41) is 3.78. The van der Waals surface area contributed by atoms with Crippen molar-refractivity contribution in [2.75, 3.05) is 0 Å². The number of aryl methyl sites for hydroxylation is 1. The third kappa shape index (κ3) is 1.86. The van der Waals surface area contributed by atoms with Crippen molar-refractivity contribution in [3.8, 4) is 0 Å². The zero-order chi connectivity index (χ0) is 4.41. The molecule has 0 unspecified atom stereocenters. The summed E-state index contributed by atoms with van der Waals surface area (Å²) in [6, 6.07) is 2.78. The minimum Gasteiger partial charge on any atom is -0.432 e. The first-order valence-corrected chi connectivity index (χ1v) is 1.74. The van der Waals surface area contributed by atoms with E-state index >= 15 is 0 Å². The molecule has 0 atom stereocenters. The van der Waals surface area contributed by atoms with Gasteiger partial charge in [-0.25, -0.2) is 5.10 Å². The zero-order valence-electron chi connectivity index (χ0n) is 3.93. The van der Waals surface area contributed by atoms with E-state index in [0.717, 1.165) is 0 Å². The van der Waals surface area contributed by atoms with Gasteiger partial charge in [0.25, 0.3) is 0 Å². The normalized spacial score (nSPS) is 7.57. The van der Waals surface area contributed by atoms with E-state index in [1.54, 1.807) is 17.1 Å². The number of nitrogens with zero attached hydrogens (tertiary/aromatic N) is 2. The molecule has 0 aliphatic rings. The van der Waals surface area contributed by atoms with Crippen molar-refractivity contribution in [3.05, 3.63) is 18.5 Å². The number of rotatable bonds is 0. The van der Waals surface area contributed by atoms with Gasteiger partial charge in [0.1, 0.15) is 0 Å². The second-order valence-electron chi connectivity index (χ2n) is 1.11. The zero-order valence-corrected chi connectivity index (χ0v) is 6.64. The molecule has 7 heavy (non-hydrogen) atoms. The maximum absolute atomic E-state index is 3.78. The smallest absolute Gasteiger partial charge is 0.0262 e. The summed E-state index contributed by atoms with van der Waals surface area (Å²) >= 11 is 0. The number of hydrogen-bond donors (Lipinski definition) is 0. The van der Waals surface area contributed by atoms with Crippen LogP contribution in [0.4, 0.5) is 0 Å². The van der Waals surface area contributed by atoms with Crippen LogP contribution in [-0.4, -0.2) is 9.78 Å². The van der Waals surface area contributed by atoms with Gasteiger partial charge in [-0.2, -0.15) is 6.20 Å². The molecule has 3 heteroatoms. The third-order valence-electron chi connectivity index (χ3n) is 0.576. The fraction of sp³-hybridized carbons (Fsp3) is 0.250. The SMILES string of the molecule is Cn1c[c-]cn1.[Re]. The molecule has 0 aliphatic heterocycles. The minimum atomic E-state index is 0. The molecule has 1 radical (unpaired) electrons. The predicted molar refractivity (Wildman–Crippen MR) is 22.0 cm³/mol. The molecule has 0 N–H and O–H groups in total. The monoisotopic (exact) mass is 268 g/mol. The first kappa shape index (κ1) is 6.87. The van der Waals surface area contributed by atoms with Gasteiger partial charge in [-0.05, 0) is 0 Å². The average Bonchev–Trinajstić information content (AvgIpc) is 1.86. The Morgan fingerprint density at radius 3 is 2.57 bits per heavy atom. The van der Waals surface area contributed by atoms with E-state index in [0.29, 0.717) is 0 Å². The summed E-state index contributed by atoms with van der Waals surface area (Å²) in [6.07, 6.45) is 3.39. The van der Waals surface area contributed by atoms with Gasteiger partial charge < -0.3 is 10.7 Å². The van der Waals surface area contributed by atoms with Crippen molar-refractivity contribution in [1.29, 1.82) is 0 Å². The van der Waals surface area contributed by atoms with Crippen LogP contribution in [0.1, 0.15) is 0 Å². The molecule has 0 aromatic carbocycles. The predicted octanol–water partition coefficient (Wildman–Crippen LogP) is 0.218. The van der Waals surface area contributed by atoms with E-state index in [-0.39, 0.29) is 20.4 Å². The Morgan fingerprint density at radius 1 is 1.71 bits per heavy atom. The van der Waals surface area contributed by atoms with Crippen LogP contribution in [0.5, 0.6) is 0 Å². The maximum atomic E-state index is 3.78. The van der Waals surface area contributed by atoms with Crippen LogP contribution in [0.15, 0.2) is 12.4 Å². The molecule has 0 saturated heterocycles. The first-order chi connectivity index (χ1) is 2.89. The summed E-state index contributed by atoms with van der Waals surface area (Å²) in [7, 11) is 1.86. The van der Waals surface area contributed by atoms with Crippen LogP contribution in [0.3, 0.4) is 0 Å². The summed E-state index contributed by atoms with van der Waals surface area (Å²) in [4.78, 5) is 0. The Kier molecular flexibility index (Phi) is 2.90. The second-order valence-corrected chi connectivity index (χ2v) is 1.11. The Balaban J connectivity index is 0.000000360. The molecule has 0 fully saturated rings. The summed E-state index contributed by atoms with van der Waals surface area (Å²) in [5.41, 5.74) is 0. The quantitative estimate of drug-likeness (QED) is 0.615. The van der Waals surface area contributed by atoms with E-state index in [9.17, 15) is 0 Å². The van der Waals surface area contributed by atoms with Crippen molar-refractivity contribution in [2.45, 2.75) is 0 Å². The van der Waals surface area contributed by atoms with Crippen molar-refractivity contribution < 1.29 is 20.4 Å². The Morgan fingerprint density at radius 2 is 2.43 bits per heavy atom. The van der Waals surface area contributed by atoms with Crippen molar-refractivity contribution in [1.82, 2.24) is 9.78 Å². The fourth-order valence-corrected chi connectivity index (χ4v) is 0.299. The molecule has 39 valence electrons. The second kappa shape index (κ2) is 2.95. The van der Waals surface area contributed by atoms with E-state index in [4.69, 9.17) is 0 Å². The number of aromatic nitrogens is 2. The van der Waals surface area contributed by atoms with Gasteiger partial charge in [0.05, 0.1) is 0 Å². The van der Waals surface area contributed by atoms with Crippen molar-refractivity contribution in [2.24, 2.45) is 7.05 Å². The molecular weight excluding hydrogens is 262 g/mol. The van der Waals surface area contributed by atoms with Gasteiger partial charge in [0, 0.05) is 27.5 Å². The molecular formula is C4H5N2Re-. The molecule has 1 aromatic heterocycles. The van der Waals surface area contributed by atoms with E-state index < -0.39 is 0 Å². The van der Waals surface area contributed by atoms with Crippen molar-refractivity contribution in [3.63, 3.8) is 0 Å². The first-order valence-electron chi connectivity index (χ1n) is 1.74. The van der Waals surface area contributed by atoms with Crippen LogP contribution in [0.25, 0.3) is 0 Å². The molecule has 1 rings (SSSR count). The number of hydrogen-bond acceptors (Lipinski definition) is 1. The standard InChI is InChI=1S/C4H5N2.Re/c1-6-4-2-3-5-6;/h3-4H,1H3;/q-1;. The molecule has 2 nitrogen and oxygen atoms in total. The van der Waals surface area contributed by atoms with Crippen LogP contribution < -0.4 is 0 Å². The Labute approximate surface area is 56.2 Å². The summed E-state index contributed by atoms with van der Waals surface area (Å²) in [5.74, 6) is 0. The Hall–Kier alpha value is -0.128. The summed E-state index contributed by atoms with van der Waals surface area (Å²) < 4.78 is 1.69.